The smallest absolute Gasteiger partial charge is 0.168 e. The van der Waals surface area contributed by atoms with Crippen LogP contribution in [-0.2, 0) is 6.42 Å². The van der Waals surface area contributed by atoms with E-state index in [-0.39, 0.29) is 12.2 Å². The van der Waals surface area contributed by atoms with E-state index >= 15 is 0 Å². The second-order valence-corrected chi connectivity index (χ2v) is 5.47. The number of aromatic nitrogens is 1. The lowest BCUT2D eigenvalue weighted by atomic mass is 10.1. The number of rotatable bonds is 3. The van der Waals surface area contributed by atoms with Gasteiger partial charge < -0.3 is 0 Å². The molecule has 0 atom stereocenters. The number of carbonyl (C=O) groups is 1. The van der Waals surface area contributed by atoms with Crippen molar-refractivity contribution in [3.05, 3.63) is 62.5 Å². The summed E-state index contributed by atoms with van der Waals surface area (Å²) in [5.74, 6) is -0.596. The van der Waals surface area contributed by atoms with E-state index in [1.54, 1.807) is 18.3 Å². The van der Waals surface area contributed by atoms with Crippen molar-refractivity contribution in [2.45, 2.75) is 6.42 Å². The average molecular weight is 373 g/mol. The second kappa shape index (κ2) is 5.71. The van der Waals surface area contributed by atoms with Crippen LogP contribution in [0.1, 0.15) is 16.1 Å². The lowest BCUT2D eigenvalue weighted by Crippen LogP contribution is -2.05. The van der Waals surface area contributed by atoms with E-state index in [1.807, 2.05) is 6.07 Å². The van der Waals surface area contributed by atoms with Crippen LogP contribution in [0.15, 0.2) is 45.5 Å². The molecule has 0 radical (unpaired) electrons. The van der Waals surface area contributed by atoms with Crippen LogP contribution >= 0.6 is 31.9 Å². The molecule has 2 rings (SSSR count). The van der Waals surface area contributed by atoms with Gasteiger partial charge in [-0.2, -0.15) is 0 Å². The quantitative estimate of drug-likeness (QED) is 0.757. The van der Waals surface area contributed by atoms with E-state index in [2.05, 4.69) is 36.8 Å². The SMILES string of the molecule is O=C(Cc1ccc(Br)cn1)c1ccc(Br)c(F)c1. The van der Waals surface area contributed by atoms with E-state index in [0.29, 0.717) is 15.7 Å². The summed E-state index contributed by atoms with van der Waals surface area (Å²) >= 11 is 6.32. The number of carbonyl (C=O) groups excluding carboxylic acids is 1. The fourth-order valence-electron chi connectivity index (χ4n) is 1.45. The Morgan fingerprint density at radius 2 is 2.00 bits per heavy atom. The number of hydrogen-bond acceptors (Lipinski definition) is 2. The summed E-state index contributed by atoms with van der Waals surface area (Å²) in [5.41, 5.74) is 1.01. The molecule has 0 aliphatic heterocycles. The van der Waals surface area contributed by atoms with Crippen molar-refractivity contribution in [1.29, 1.82) is 0 Å². The number of nitrogens with zero attached hydrogens (tertiary/aromatic N) is 1. The third-order valence-corrected chi connectivity index (χ3v) is 3.48. The van der Waals surface area contributed by atoms with Gasteiger partial charge in [0, 0.05) is 21.9 Å². The Bertz CT molecular complexity index is 584. The van der Waals surface area contributed by atoms with Crippen molar-refractivity contribution in [2.75, 3.05) is 0 Å². The van der Waals surface area contributed by atoms with E-state index in [9.17, 15) is 9.18 Å². The van der Waals surface area contributed by atoms with Crippen LogP contribution in [0.4, 0.5) is 4.39 Å². The number of benzene rings is 1. The normalized spacial score (nSPS) is 10.4. The Hall–Kier alpha value is -1.07. The summed E-state index contributed by atoms with van der Waals surface area (Å²) in [4.78, 5) is 16.0. The lowest BCUT2D eigenvalue weighted by Gasteiger charge is -2.02. The molecule has 0 bridgehead atoms. The summed E-state index contributed by atoms with van der Waals surface area (Å²) in [6, 6.07) is 7.92. The molecule has 0 spiro atoms. The van der Waals surface area contributed by atoms with Gasteiger partial charge in [0.15, 0.2) is 5.78 Å². The molecule has 1 heterocycles. The van der Waals surface area contributed by atoms with Crippen LogP contribution in [0, 0.1) is 5.82 Å². The molecule has 0 unspecified atom stereocenters. The van der Waals surface area contributed by atoms with Crippen molar-refractivity contribution in [3.63, 3.8) is 0 Å². The van der Waals surface area contributed by atoms with Gasteiger partial charge >= 0.3 is 0 Å². The Kier molecular flexibility index (Phi) is 4.24. The molecule has 5 heteroatoms. The molecule has 0 amide bonds. The molecule has 0 aliphatic rings. The maximum atomic E-state index is 13.3. The van der Waals surface area contributed by atoms with Crippen LogP contribution in [0.25, 0.3) is 0 Å². The minimum atomic E-state index is -0.440. The van der Waals surface area contributed by atoms with E-state index in [0.717, 1.165) is 4.47 Å². The van der Waals surface area contributed by atoms with Crippen LogP contribution in [0.2, 0.25) is 0 Å². The number of halogens is 3. The molecule has 92 valence electrons. The van der Waals surface area contributed by atoms with Crippen molar-refractivity contribution >= 4 is 37.6 Å². The van der Waals surface area contributed by atoms with Gasteiger partial charge in [0.05, 0.1) is 10.9 Å². The highest BCUT2D eigenvalue weighted by Gasteiger charge is 2.10. The molecule has 0 N–H and O–H groups in total. The second-order valence-electron chi connectivity index (χ2n) is 3.70. The number of ketones is 1. The highest BCUT2D eigenvalue weighted by Crippen LogP contribution is 2.17. The van der Waals surface area contributed by atoms with E-state index in [4.69, 9.17) is 0 Å². The summed E-state index contributed by atoms with van der Waals surface area (Å²) in [5, 5.41) is 0. The predicted octanol–water partition coefficient (Wildman–Crippen LogP) is 4.17. The third-order valence-electron chi connectivity index (χ3n) is 2.37. The maximum Gasteiger partial charge on any atom is 0.168 e. The van der Waals surface area contributed by atoms with Gasteiger partial charge in [-0.05, 0) is 56.1 Å². The number of hydrogen-bond donors (Lipinski definition) is 0. The first-order valence-corrected chi connectivity index (χ1v) is 6.73. The minimum absolute atomic E-state index is 0.156. The Morgan fingerprint density at radius 1 is 1.22 bits per heavy atom. The first-order chi connectivity index (χ1) is 8.56. The Labute approximate surface area is 121 Å². The van der Waals surface area contributed by atoms with E-state index < -0.39 is 5.82 Å². The van der Waals surface area contributed by atoms with E-state index in [1.165, 1.54) is 12.1 Å². The molecule has 2 nitrogen and oxygen atoms in total. The first-order valence-electron chi connectivity index (χ1n) is 5.15. The highest BCUT2D eigenvalue weighted by molar-refractivity contribution is 9.10. The molecule has 18 heavy (non-hydrogen) atoms. The molecule has 2 aromatic rings. The van der Waals surface area contributed by atoms with Crippen LogP contribution in [-0.4, -0.2) is 10.8 Å². The van der Waals surface area contributed by atoms with Gasteiger partial charge in [-0.15, -0.1) is 0 Å². The van der Waals surface area contributed by atoms with Crippen molar-refractivity contribution in [1.82, 2.24) is 4.98 Å². The van der Waals surface area contributed by atoms with Gasteiger partial charge in [0.1, 0.15) is 5.82 Å². The summed E-state index contributed by atoms with van der Waals surface area (Å²) < 4.78 is 14.5. The van der Waals surface area contributed by atoms with Gasteiger partial charge in [-0.25, -0.2) is 4.39 Å². The lowest BCUT2D eigenvalue weighted by molar-refractivity contribution is 0.0991. The van der Waals surface area contributed by atoms with Crippen molar-refractivity contribution in [3.8, 4) is 0 Å². The molecule has 0 saturated heterocycles. The standard InChI is InChI=1S/C13H8Br2FNO/c14-9-2-3-10(17-7-9)6-13(18)8-1-4-11(15)12(16)5-8/h1-5,7H,6H2. The zero-order valence-corrected chi connectivity index (χ0v) is 12.3. The molecule has 1 aromatic heterocycles. The number of pyridine rings is 1. The molecule has 0 aliphatic carbocycles. The van der Waals surface area contributed by atoms with Crippen LogP contribution < -0.4 is 0 Å². The van der Waals surface area contributed by atoms with Crippen molar-refractivity contribution < 1.29 is 9.18 Å². The Morgan fingerprint density at radius 3 is 2.61 bits per heavy atom. The topological polar surface area (TPSA) is 30.0 Å². The summed E-state index contributed by atoms with van der Waals surface area (Å²) in [7, 11) is 0. The van der Waals surface area contributed by atoms with Gasteiger partial charge in [-0.1, -0.05) is 6.07 Å². The third kappa shape index (κ3) is 3.23. The monoisotopic (exact) mass is 371 g/mol. The maximum absolute atomic E-state index is 13.3. The molecule has 1 aromatic carbocycles. The first kappa shape index (κ1) is 13.4. The zero-order chi connectivity index (χ0) is 13.1. The largest absolute Gasteiger partial charge is 0.294 e. The minimum Gasteiger partial charge on any atom is -0.294 e. The molecular formula is C13H8Br2FNO. The fourth-order valence-corrected chi connectivity index (χ4v) is 1.93. The average Bonchev–Trinajstić information content (AvgIpc) is 2.35. The van der Waals surface area contributed by atoms with Crippen molar-refractivity contribution in [2.24, 2.45) is 0 Å². The van der Waals surface area contributed by atoms with Gasteiger partial charge in [0.25, 0.3) is 0 Å². The Balaban J connectivity index is 2.16. The van der Waals surface area contributed by atoms with Crippen LogP contribution in [0.5, 0.6) is 0 Å². The van der Waals surface area contributed by atoms with Crippen LogP contribution in [0.3, 0.4) is 0 Å². The summed E-state index contributed by atoms with van der Waals surface area (Å²) in [6.45, 7) is 0. The molecule has 0 fully saturated rings. The molecular weight excluding hydrogens is 365 g/mol. The summed E-state index contributed by atoms with van der Waals surface area (Å²) in [6.07, 6.45) is 1.79. The van der Waals surface area contributed by atoms with Gasteiger partial charge in [-0.3, -0.25) is 9.78 Å². The zero-order valence-electron chi connectivity index (χ0n) is 9.16. The fraction of sp³-hybridized carbons (Fsp3) is 0.0769. The molecule has 0 saturated carbocycles. The highest BCUT2D eigenvalue weighted by atomic mass is 79.9. The number of Topliss-reactive ketones (excluding diaryl/α,β-unsaturated/α-hetero) is 1. The van der Waals surface area contributed by atoms with Gasteiger partial charge in [0.2, 0.25) is 0 Å². The predicted molar refractivity (Wildman–Crippen MR) is 74.1 cm³/mol.